The number of aryl methyl sites for hydroxylation is 2. The first-order valence-corrected chi connectivity index (χ1v) is 9.99. The van der Waals surface area contributed by atoms with E-state index in [4.69, 9.17) is 9.47 Å². The largest absolute Gasteiger partial charge is 0.493 e. The minimum atomic E-state index is -0.523. The first kappa shape index (κ1) is 21.4. The summed E-state index contributed by atoms with van der Waals surface area (Å²) in [4.78, 5) is 38.6. The van der Waals surface area contributed by atoms with Crippen LogP contribution in [0.4, 0.5) is 10.5 Å². The van der Waals surface area contributed by atoms with Crippen LogP contribution in [0, 0.1) is 13.8 Å². The average molecular weight is 426 g/mol. The van der Waals surface area contributed by atoms with Crippen molar-refractivity contribution >= 4 is 40.6 Å². The van der Waals surface area contributed by atoms with E-state index in [1.807, 2.05) is 26.0 Å². The molecular formula is C22H22N2O5S. The smallest absolute Gasteiger partial charge is 0.294 e. The lowest BCUT2D eigenvalue weighted by Gasteiger charge is -2.13. The van der Waals surface area contributed by atoms with Crippen molar-refractivity contribution in [2.45, 2.75) is 13.8 Å². The molecule has 0 bridgehead atoms. The lowest BCUT2D eigenvalue weighted by atomic mass is 10.1. The average Bonchev–Trinajstić information content (AvgIpc) is 2.97. The number of methoxy groups -OCH3 is 2. The molecule has 1 aliphatic heterocycles. The van der Waals surface area contributed by atoms with Crippen molar-refractivity contribution in [1.82, 2.24) is 4.90 Å². The van der Waals surface area contributed by atoms with Crippen LogP contribution >= 0.6 is 11.8 Å². The minimum absolute atomic E-state index is 0.213. The van der Waals surface area contributed by atoms with Crippen LogP contribution in [0.5, 0.6) is 11.5 Å². The van der Waals surface area contributed by atoms with Gasteiger partial charge in [0.15, 0.2) is 11.5 Å². The third-order valence-electron chi connectivity index (χ3n) is 4.69. The summed E-state index contributed by atoms with van der Waals surface area (Å²) in [6.45, 7) is 3.56. The van der Waals surface area contributed by atoms with Gasteiger partial charge in [-0.25, -0.2) is 0 Å². The summed E-state index contributed by atoms with van der Waals surface area (Å²) in [6.07, 6.45) is 1.56. The Morgan fingerprint density at radius 1 is 1.10 bits per heavy atom. The van der Waals surface area contributed by atoms with E-state index in [1.54, 1.807) is 30.3 Å². The second kappa shape index (κ2) is 9.04. The quantitative estimate of drug-likeness (QED) is 0.703. The maximum atomic E-state index is 12.7. The second-order valence-corrected chi connectivity index (χ2v) is 7.69. The predicted octanol–water partition coefficient (Wildman–Crippen LogP) is 4.00. The van der Waals surface area contributed by atoms with E-state index in [0.29, 0.717) is 22.7 Å². The van der Waals surface area contributed by atoms with Gasteiger partial charge in [0.1, 0.15) is 6.54 Å². The van der Waals surface area contributed by atoms with Crippen molar-refractivity contribution in [3.63, 3.8) is 0 Å². The number of ether oxygens (including phenoxy) is 2. The van der Waals surface area contributed by atoms with Gasteiger partial charge < -0.3 is 14.8 Å². The van der Waals surface area contributed by atoms with Gasteiger partial charge in [-0.15, -0.1) is 0 Å². The molecule has 1 aliphatic rings. The van der Waals surface area contributed by atoms with E-state index in [1.165, 1.54) is 14.2 Å². The predicted molar refractivity (Wildman–Crippen MR) is 117 cm³/mol. The number of anilines is 1. The van der Waals surface area contributed by atoms with Gasteiger partial charge in [-0.3, -0.25) is 19.3 Å². The number of amides is 3. The molecule has 1 N–H and O–H groups in total. The number of thioether (sulfide) groups is 1. The molecule has 0 radical (unpaired) electrons. The number of nitrogens with zero attached hydrogens (tertiary/aromatic N) is 1. The summed E-state index contributed by atoms with van der Waals surface area (Å²) in [7, 11) is 3.02. The standard InChI is InChI=1S/C22H22N2O5S/c1-13-8-9-16(10-14(13)2)23-19(25)12-24-21(26)18(30-22(24)27)11-15-6-5-7-17(28-3)20(15)29-4/h5-11H,12H2,1-4H3,(H,23,25). The van der Waals surface area contributed by atoms with E-state index in [0.717, 1.165) is 27.8 Å². The number of imide groups is 1. The Kier molecular flexibility index (Phi) is 6.47. The molecule has 3 amide bonds. The number of carbonyl (C=O) groups excluding carboxylic acids is 3. The van der Waals surface area contributed by atoms with Crippen molar-refractivity contribution < 1.29 is 23.9 Å². The molecule has 2 aromatic carbocycles. The van der Waals surface area contributed by atoms with Crippen molar-refractivity contribution in [3.05, 3.63) is 58.0 Å². The highest BCUT2D eigenvalue weighted by Gasteiger charge is 2.36. The van der Waals surface area contributed by atoms with Crippen LogP contribution in [0.25, 0.3) is 6.08 Å². The lowest BCUT2D eigenvalue weighted by molar-refractivity contribution is -0.127. The topological polar surface area (TPSA) is 84.9 Å². The fourth-order valence-corrected chi connectivity index (χ4v) is 3.80. The highest BCUT2D eigenvalue weighted by molar-refractivity contribution is 8.18. The Labute approximate surface area is 179 Å². The molecule has 1 fully saturated rings. The summed E-state index contributed by atoms with van der Waals surface area (Å²) >= 11 is 0.784. The van der Waals surface area contributed by atoms with Crippen LogP contribution in [-0.4, -0.2) is 42.7 Å². The summed E-state index contributed by atoms with van der Waals surface area (Å²) in [5.74, 6) is 0.00315. The van der Waals surface area contributed by atoms with E-state index >= 15 is 0 Å². The molecule has 0 saturated carbocycles. The number of benzene rings is 2. The van der Waals surface area contributed by atoms with Crippen LogP contribution < -0.4 is 14.8 Å². The fourth-order valence-electron chi connectivity index (χ4n) is 2.97. The summed E-state index contributed by atoms with van der Waals surface area (Å²) in [5.41, 5.74) is 3.36. The monoisotopic (exact) mass is 426 g/mol. The molecular weight excluding hydrogens is 404 g/mol. The maximum Gasteiger partial charge on any atom is 0.294 e. The van der Waals surface area contributed by atoms with Gasteiger partial charge in [-0.05, 0) is 61.0 Å². The molecule has 156 valence electrons. The molecule has 1 saturated heterocycles. The summed E-state index contributed by atoms with van der Waals surface area (Å²) in [6, 6.07) is 10.8. The molecule has 7 nitrogen and oxygen atoms in total. The number of carbonyl (C=O) groups is 3. The van der Waals surface area contributed by atoms with Crippen LogP contribution in [-0.2, 0) is 9.59 Å². The third-order valence-corrected chi connectivity index (χ3v) is 5.59. The first-order valence-electron chi connectivity index (χ1n) is 9.17. The van der Waals surface area contributed by atoms with E-state index in [-0.39, 0.29) is 11.4 Å². The van der Waals surface area contributed by atoms with Crippen LogP contribution in [0.15, 0.2) is 41.3 Å². The number of para-hydroxylation sites is 1. The van der Waals surface area contributed by atoms with Gasteiger partial charge >= 0.3 is 0 Å². The Bertz CT molecular complexity index is 1050. The Balaban J connectivity index is 1.75. The molecule has 30 heavy (non-hydrogen) atoms. The summed E-state index contributed by atoms with van der Waals surface area (Å²) in [5, 5.41) is 2.23. The van der Waals surface area contributed by atoms with Gasteiger partial charge in [-0.2, -0.15) is 0 Å². The van der Waals surface area contributed by atoms with E-state index < -0.39 is 17.1 Å². The van der Waals surface area contributed by atoms with Gasteiger partial charge in [-0.1, -0.05) is 18.2 Å². The molecule has 0 aromatic heterocycles. The molecule has 8 heteroatoms. The van der Waals surface area contributed by atoms with Crippen LogP contribution in [0.3, 0.4) is 0 Å². The highest BCUT2D eigenvalue weighted by atomic mass is 32.2. The highest BCUT2D eigenvalue weighted by Crippen LogP contribution is 2.37. The number of hydrogen-bond donors (Lipinski definition) is 1. The van der Waals surface area contributed by atoms with Crippen molar-refractivity contribution in [1.29, 1.82) is 0 Å². The van der Waals surface area contributed by atoms with Gasteiger partial charge in [0, 0.05) is 11.3 Å². The molecule has 0 aliphatic carbocycles. The van der Waals surface area contributed by atoms with Crippen molar-refractivity contribution in [3.8, 4) is 11.5 Å². The second-order valence-electron chi connectivity index (χ2n) is 6.70. The molecule has 3 rings (SSSR count). The Hall–Kier alpha value is -3.26. The van der Waals surface area contributed by atoms with E-state index in [2.05, 4.69) is 5.32 Å². The molecule has 1 heterocycles. The Morgan fingerprint density at radius 3 is 2.53 bits per heavy atom. The number of rotatable bonds is 6. The van der Waals surface area contributed by atoms with E-state index in [9.17, 15) is 14.4 Å². The molecule has 0 spiro atoms. The zero-order chi connectivity index (χ0) is 21.8. The van der Waals surface area contributed by atoms with Crippen molar-refractivity contribution in [2.75, 3.05) is 26.1 Å². The molecule has 2 aromatic rings. The fraction of sp³-hybridized carbons (Fsp3) is 0.227. The van der Waals surface area contributed by atoms with Crippen LogP contribution in [0.2, 0.25) is 0 Å². The normalized spacial score (nSPS) is 14.9. The Morgan fingerprint density at radius 2 is 1.87 bits per heavy atom. The van der Waals surface area contributed by atoms with Gasteiger partial charge in [0.25, 0.3) is 11.1 Å². The lowest BCUT2D eigenvalue weighted by Crippen LogP contribution is -2.36. The SMILES string of the molecule is COc1cccc(C=C2SC(=O)N(CC(=O)Nc3ccc(C)c(C)c3)C2=O)c1OC. The zero-order valence-electron chi connectivity index (χ0n) is 17.1. The molecule has 0 unspecified atom stereocenters. The summed E-state index contributed by atoms with van der Waals surface area (Å²) < 4.78 is 10.6. The van der Waals surface area contributed by atoms with Crippen molar-refractivity contribution in [2.24, 2.45) is 0 Å². The minimum Gasteiger partial charge on any atom is -0.493 e. The third kappa shape index (κ3) is 4.49. The van der Waals surface area contributed by atoms with Gasteiger partial charge in [0.05, 0.1) is 19.1 Å². The maximum absolute atomic E-state index is 12.7. The zero-order valence-corrected chi connectivity index (χ0v) is 18.0. The molecule has 0 atom stereocenters. The first-order chi connectivity index (χ1) is 14.3. The van der Waals surface area contributed by atoms with Gasteiger partial charge in [0.2, 0.25) is 5.91 Å². The number of hydrogen-bond acceptors (Lipinski definition) is 6. The number of nitrogens with one attached hydrogen (secondary N) is 1. The van der Waals surface area contributed by atoms with Crippen LogP contribution in [0.1, 0.15) is 16.7 Å².